The monoisotopic (exact) mass is 263 g/mol. The maximum absolute atomic E-state index is 13.9. The van der Waals surface area contributed by atoms with Crippen LogP contribution < -0.4 is 10.6 Å². The minimum absolute atomic E-state index is 0.0388. The van der Waals surface area contributed by atoms with Gasteiger partial charge in [0.2, 0.25) is 0 Å². The molecule has 0 bridgehead atoms. The number of nitrogens with zero attached hydrogens (tertiary/aromatic N) is 3. The standard InChI is InChI=1S/C12H14FN5O/c1-3-18-7-8(6-16-18)17-12(19)9-4-5-15-11(14-2)10(9)13/h4-7H,3H2,1-2H3,(H,14,15)(H,17,19). The molecular weight excluding hydrogens is 249 g/mol. The number of aromatic nitrogens is 3. The molecule has 2 aromatic heterocycles. The predicted molar refractivity (Wildman–Crippen MR) is 69.6 cm³/mol. The zero-order valence-corrected chi connectivity index (χ0v) is 10.6. The molecule has 0 radical (unpaired) electrons. The molecule has 0 aliphatic rings. The third-order valence-corrected chi connectivity index (χ3v) is 2.59. The highest BCUT2D eigenvalue weighted by Gasteiger charge is 2.16. The van der Waals surface area contributed by atoms with Gasteiger partial charge in [0.05, 0.1) is 17.4 Å². The minimum atomic E-state index is -0.676. The number of carbonyl (C=O) groups is 1. The fourth-order valence-electron chi connectivity index (χ4n) is 1.59. The lowest BCUT2D eigenvalue weighted by atomic mass is 10.2. The molecule has 2 N–H and O–H groups in total. The lowest BCUT2D eigenvalue weighted by Crippen LogP contribution is -2.14. The number of nitrogens with one attached hydrogen (secondary N) is 2. The van der Waals surface area contributed by atoms with Gasteiger partial charge in [-0.3, -0.25) is 9.48 Å². The first-order valence-corrected chi connectivity index (χ1v) is 5.81. The van der Waals surface area contributed by atoms with Crippen molar-refractivity contribution in [3.8, 4) is 0 Å². The van der Waals surface area contributed by atoms with Crippen molar-refractivity contribution in [3.05, 3.63) is 36.0 Å². The number of hydrogen-bond donors (Lipinski definition) is 2. The Labute approximate surface area is 109 Å². The van der Waals surface area contributed by atoms with E-state index in [1.165, 1.54) is 18.5 Å². The summed E-state index contributed by atoms with van der Waals surface area (Å²) in [5, 5.41) is 9.19. The molecule has 2 heterocycles. The number of amides is 1. The van der Waals surface area contributed by atoms with E-state index in [4.69, 9.17) is 0 Å². The number of aryl methyl sites for hydroxylation is 1. The molecule has 2 aromatic rings. The molecule has 1 amide bonds. The quantitative estimate of drug-likeness (QED) is 0.881. The van der Waals surface area contributed by atoms with Crippen molar-refractivity contribution in [2.75, 3.05) is 17.7 Å². The summed E-state index contributed by atoms with van der Waals surface area (Å²) in [6.07, 6.45) is 4.56. The van der Waals surface area contributed by atoms with Crippen LogP contribution in [0.4, 0.5) is 15.9 Å². The first-order valence-electron chi connectivity index (χ1n) is 5.81. The van der Waals surface area contributed by atoms with Gasteiger partial charge in [-0.2, -0.15) is 5.10 Å². The van der Waals surface area contributed by atoms with Crippen LogP contribution in [0.15, 0.2) is 24.7 Å². The Morgan fingerprint density at radius 1 is 1.53 bits per heavy atom. The molecule has 0 unspecified atom stereocenters. The summed E-state index contributed by atoms with van der Waals surface area (Å²) in [6, 6.07) is 1.33. The molecule has 0 saturated carbocycles. The van der Waals surface area contributed by atoms with Crippen LogP contribution in [-0.2, 0) is 6.54 Å². The average Bonchev–Trinajstić information content (AvgIpc) is 2.86. The molecule has 0 aliphatic heterocycles. The highest BCUT2D eigenvalue weighted by atomic mass is 19.1. The van der Waals surface area contributed by atoms with Crippen molar-refractivity contribution in [2.24, 2.45) is 0 Å². The van der Waals surface area contributed by atoms with Gasteiger partial charge in [0.15, 0.2) is 11.6 Å². The molecule has 0 atom stereocenters. The predicted octanol–water partition coefficient (Wildman–Crippen LogP) is 1.73. The fraction of sp³-hybridized carbons (Fsp3) is 0.250. The molecule has 7 heteroatoms. The van der Waals surface area contributed by atoms with Crippen LogP contribution >= 0.6 is 0 Å². The van der Waals surface area contributed by atoms with Crippen molar-refractivity contribution in [2.45, 2.75) is 13.5 Å². The minimum Gasteiger partial charge on any atom is -0.371 e. The highest BCUT2D eigenvalue weighted by molar-refractivity contribution is 6.04. The number of pyridine rings is 1. The van der Waals surface area contributed by atoms with Crippen LogP contribution in [0.1, 0.15) is 17.3 Å². The Hall–Kier alpha value is -2.44. The molecule has 0 spiro atoms. The smallest absolute Gasteiger partial charge is 0.258 e. The van der Waals surface area contributed by atoms with Crippen LogP contribution in [0.2, 0.25) is 0 Å². The van der Waals surface area contributed by atoms with Gasteiger partial charge in [-0.05, 0) is 13.0 Å². The second-order valence-corrected chi connectivity index (χ2v) is 3.81. The summed E-state index contributed by atoms with van der Waals surface area (Å²) < 4.78 is 15.6. The van der Waals surface area contributed by atoms with E-state index in [0.29, 0.717) is 12.2 Å². The number of carbonyl (C=O) groups excluding carboxylic acids is 1. The molecule has 0 aliphatic carbocycles. The zero-order valence-electron chi connectivity index (χ0n) is 10.6. The van der Waals surface area contributed by atoms with Gasteiger partial charge in [-0.15, -0.1) is 0 Å². The molecule has 6 nitrogen and oxygen atoms in total. The Balaban J connectivity index is 2.20. The van der Waals surface area contributed by atoms with Crippen molar-refractivity contribution >= 4 is 17.4 Å². The van der Waals surface area contributed by atoms with Gasteiger partial charge in [0.25, 0.3) is 5.91 Å². The van der Waals surface area contributed by atoms with E-state index in [2.05, 4.69) is 20.7 Å². The molecule has 2 rings (SSSR count). The molecule has 0 saturated heterocycles. The summed E-state index contributed by atoms with van der Waals surface area (Å²) >= 11 is 0. The lowest BCUT2D eigenvalue weighted by molar-refractivity contribution is 0.102. The Morgan fingerprint density at radius 2 is 2.32 bits per heavy atom. The van der Waals surface area contributed by atoms with E-state index in [9.17, 15) is 9.18 Å². The van der Waals surface area contributed by atoms with Crippen molar-refractivity contribution in [3.63, 3.8) is 0 Å². The topological polar surface area (TPSA) is 71.8 Å². The van der Waals surface area contributed by atoms with Crippen molar-refractivity contribution < 1.29 is 9.18 Å². The molecule has 0 aromatic carbocycles. The number of halogens is 1. The highest BCUT2D eigenvalue weighted by Crippen LogP contribution is 2.16. The van der Waals surface area contributed by atoms with Crippen LogP contribution in [0.5, 0.6) is 0 Å². The van der Waals surface area contributed by atoms with Gasteiger partial charge in [-0.1, -0.05) is 0 Å². The maximum Gasteiger partial charge on any atom is 0.258 e. The van der Waals surface area contributed by atoms with E-state index in [0.717, 1.165) is 0 Å². The van der Waals surface area contributed by atoms with Crippen LogP contribution in [0.25, 0.3) is 0 Å². The second kappa shape index (κ2) is 5.47. The fourth-order valence-corrected chi connectivity index (χ4v) is 1.59. The average molecular weight is 263 g/mol. The van der Waals surface area contributed by atoms with E-state index in [-0.39, 0.29) is 11.4 Å². The lowest BCUT2D eigenvalue weighted by Gasteiger charge is -2.06. The summed E-state index contributed by atoms with van der Waals surface area (Å²) in [6.45, 7) is 2.63. The summed E-state index contributed by atoms with van der Waals surface area (Å²) in [5.74, 6) is -1.17. The van der Waals surface area contributed by atoms with Crippen LogP contribution in [0, 0.1) is 5.82 Å². The van der Waals surface area contributed by atoms with E-state index >= 15 is 0 Å². The molecular formula is C12H14FN5O. The van der Waals surface area contributed by atoms with Crippen LogP contribution in [0.3, 0.4) is 0 Å². The van der Waals surface area contributed by atoms with Gasteiger partial charge in [0, 0.05) is 26.0 Å². The van der Waals surface area contributed by atoms with Crippen molar-refractivity contribution in [1.82, 2.24) is 14.8 Å². The van der Waals surface area contributed by atoms with Gasteiger partial charge < -0.3 is 10.6 Å². The van der Waals surface area contributed by atoms with Gasteiger partial charge >= 0.3 is 0 Å². The van der Waals surface area contributed by atoms with Crippen molar-refractivity contribution in [1.29, 1.82) is 0 Å². The van der Waals surface area contributed by atoms with Gasteiger partial charge in [-0.25, -0.2) is 9.37 Å². The maximum atomic E-state index is 13.9. The molecule has 100 valence electrons. The molecule has 19 heavy (non-hydrogen) atoms. The second-order valence-electron chi connectivity index (χ2n) is 3.81. The summed E-state index contributed by atoms with van der Waals surface area (Å²) in [5.41, 5.74) is 0.456. The Bertz CT molecular complexity index is 596. The van der Waals surface area contributed by atoms with Gasteiger partial charge in [0.1, 0.15) is 0 Å². The van der Waals surface area contributed by atoms with Crippen LogP contribution in [-0.4, -0.2) is 27.7 Å². The van der Waals surface area contributed by atoms with E-state index in [1.54, 1.807) is 17.9 Å². The van der Waals surface area contributed by atoms with E-state index < -0.39 is 11.7 Å². The largest absolute Gasteiger partial charge is 0.371 e. The first kappa shape index (κ1) is 13.0. The number of anilines is 2. The molecule has 0 fully saturated rings. The third kappa shape index (κ3) is 2.70. The SMILES string of the molecule is CCn1cc(NC(=O)c2ccnc(NC)c2F)cn1. The number of rotatable bonds is 4. The Kier molecular flexibility index (Phi) is 3.74. The number of hydrogen-bond acceptors (Lipinski definition) is 4. The summed E-state index contributed by atoms with van der Waals surface area (Å²) in [4.78, 5) is 15.7. The Morgan fingerprint density at radius 3 is 2.95 bits per heavy atom. The third-order valence-electron chi connectivity index (χ3n) is 2.59. The van der Waals surface area contributed by atoms with E-state index in [1.807, 2.05) is 6.92 Å². The first-order chi connectivity index (χ1) is 9.15. The normalized spacial score (nSPS) is 10.3. The zero-order chi connectivity index (χ0) is 13.8. The summed E-state index contributed by atoms with van der Waals surface area (Å²) in [7, 11) is 1.54.